The summed E-state index contributed by atoms with van der Waals surface area (Å²) in [6, 6.07) is 14.1. The summed E-state index contributed by atoms with van der Waals surface area (Å²) in [5, 5.41) is 20.1. The van der Waals surface area contributed by atoms with Crippen molar-refractivity contribution in [3.05, 3.63) is 86.6 Å². The van der Waals surface area contributed by atoms with Crippen LogP contribution in [0.15, 0.2) is 63.3 Å². The molecule has 0 saturated heterocycles. The molecule has 162 valence electrons. The van der Waals surface area contributed by atoms with Gasteiger partial charge in [0.15, 0.2) is 5.13 Å². The van der Waals surface area contributed by atoms with Crippen LogP contribution in [-0.4, -0.2) is 21.0 Å². The minimum atomic E-state index is -0.414. The maximum Gasteiger partial charge on any atom is 0.272 e. The van der Waals surface area contributed by atoms with Gasteiger partial charge in [0.2, 0.25) is 0 Å². The number of anilines is 1. The SMILES string of the molecule is Cc1cc(CSc2ccccc2C(=O)Nc2nc(-c3ccc(C)c([N+](=O)[O-])c3)cs2)on1. The summed E-state index contributed by atoms with van der Waals surface area (Å²) in [5.74, 6) is 1.01. The van der Waals surface area contributed by atoms with Crippen molar-refractivity contribution >= 4 is 39.8 Å². The van der Waals surface area contributed by atoms with Gasteiger partial charge in [0.1, 0.15) is 5.76 Å². The summed E-state index contributed by atoms with van der Waals surface area (Å²) in [5.41, 5.74) is 3.14. The van der Waals surface area contributed by atoms with Gasteiger partial charge >= 0.3 is 0 Å². The highest BCUT2D eigenvalue weighted by molar-refractivity contribution is 7.98. The average Bonchev–Trinajstić information content (AvgIpc) is 3.41. The van der Waals surface area contributed by atoms with Gasteiger partial charge in [0.25, 0.3) is 11.6 Å². The molecule has 0 bridgehead atoms. The van der Waals surface area contributed by atoms with Gasteiger partial charge in [-0.05, 0) is 26.0 Å². The minimum Gasteiger partial charge on any atom is -0.360 e. The highest BCUT2D eigenvalue weighted by Gasteiger charge is 2.16. The largest absolute Gasteiger partial charge is 0.360 e. The van der Waals surface area contributed by atoms with Gasteiger partial charge < -0.3 is 4.52 Å². The first-order valence-corrected chi connectivity index (χ1v) is 11.4. The number of aromatic nitrogens is 2. The summed E-state index contributed by atoms with van der Waals surface area (Å²) in [6.07, 6.45) is 0. The van der Waals surface area contributed by atoms with Crippen LogP contribution in [0, 0.1) is 24.0 Å². The molecular weight excluding hydrogens is 448 g/mol. The topological polar surface area (TPSA) is 111 Å². The fourth-order valence-electron chi connectivity index (χ4n) is 3.01. The number of hydrogen-bond acceptors (Lipinski definition) is 8. The lowest BCUT2D eigenvalue weighted by Crippen LogP contribution is -2.12. The molecule has 4 aromatic rings. The molecule has 0 fully saturated rings. The smallest absolute Gasteiger partial charge is 0.272 e. The average molecular weight is 467 g/mol. The summed E-state index contributed by atoms with van der Waals surface area (Å²) >= 11 is 2.75. The van der Waals surface area contributed by atoms with Gasteiger partial charge in [-0.3, -0.25) is 20.2 Å². The van der Waals surface area contributed by atoms with Crippen LogP contribution in [0.2, 0.25) is 0 Å². The van der Waals surface area contributed by atoms with Crippen LogP contribution in [0.5, 0.6) is 0 Å². The molecule has 1 N–H and O–H groups in total. The number of nitrogens with zero attached hydrogens (tertiary/aromatic N) is 3. The van der Waals surface area contributed by atoms with E-state index in [2.05, 4.69) is 15.5 Å². The second-order valence-electron chi connectivity index (χ2n) is 6.97. The fraction of sp³-hybridized carbons (Fsp3) is 0.136. The van der Waals surface area contributed by atoms with Gasteiger partial charge in [-0.2, -0.15) is 0 Å². The molecule has 2 heterocycles. The van der Waals surface area contributed by atoms with Crippen molar-refractivity contribution in [1.82, 2.24) is 10.1 Å². The molecule has 0 atom stereocenters. The highest BCUT2D eigenvalue weighted by Crippen LogP contribution is 2.31. The molecule has 2 aromatic heterocycles. The lowest BCUT2D eigenvalue weighted by atomic mass is 10.1. The Balaban J connectivity index is 1.49. The predicted molar refractivity (Wildman–Crippen MR) is 124 cm³/mol. The van der Waals surface area contributed by atoms with Crippen molar-refractivity contribution in [1.29, 1.82) is 0 Å². The number of aryl methyl sites for hydroxylation is 2. The zero-order valence-corrected chi connectivity index (χ0v) is 18.8. The first kappa shape index (κ1) is 21.7. The van der Waals surface area contributed by atoms with E-state index in [1.54, 1.807) is 36.6 Å². The van der Waals surface area contributed by atoms with Crippen molar-refractivity contribution in [2.24, 2.45) is 0 Å². The molecule has 0 aliphatic heterocycles. The van der Waals surface area contributed by atoms with E-state index in [1.165, 1.54) is 29.2 Å². The number of carbonyl (C=O) groups is 1. The van der Waals surface area contributed by atoms with Gasteiger partial charge in [0, 0.05) is 33.5 Å². The molecule has 1 amide bonds. The Labute approximate surface area is 191 Å². The minimum absolute atomic E-state index is 0.0361. The number of hydrogen-bond donors (Lipinski definition) is 1. The van der Waals surface area contributed by atoms with Crippen LogP contribution in [0.3, 0.4) is 0 Å². The van der Waals surface area contributed by atoms with Gasteiger partial charge in [0.05, 0.1) is 27.6 Å². The summed E-state index contributed by atoms with van der Waals surface area (Å²) in [7, 11) is 0. The van der Waals surface area contributed by atoms with Crippen LogP contribution < -0.4 is 5.32 Å². The third kappa shape index (κ3) is 4.87. The highest BCUT2D eigenvalue weighted by atomic mass is 32.2. The van der Waals surface area contributed by atoms with Crippen molar-refractivity contribution < 1.29 is 14.2 Å². The number of rotatable bonds is 7. The maximum absolute atomic E-state index is 12.9. The number of carbonyl (C=O) groups excluding carboxylic acids is 1. The number of benzene rings is 2. The number of nitrogens with one attached hydrogen (secondary N) is 1. The second-order valence-corrected chi connectivity index (χ2v) is 8.85. The van der Waals surface area contributed by atoms with Crippen molar-refractivity contribution in [3.8, 4) is 11.3 Å². The fourth-order valence-corrected chi connectivity index (χ4v) is 4.65. The van der Waals surface area contributed by atoms with Gasteiger partial charge in [-0.25, -0.2) is 4.98 Å². The number of amides is 1. The molecule has 0 aliphatic carbocycles. The second kappa shape index (κ2) is 9.33. The third-order valence-corrected chi connectivity index (χ3v) is 6.46. The normalized spacial score (nSPS) is 10.8. The molecule has 4 rings (SSSR count). The molecule has 0 radical (unpaired) electrons. The molecule has 0 saturated carbocycles. The maximum atomic E-state index is 12.9. The Kier molecular flexibility index (Phi) is 6.33. The third-order valence-electron chi connectivity index (χ3n) is 4.60. The van der Waals surface area contributed by atoms with E-state index < -0.39 is 4.92 Å². The number of nitro benzene ring substituents is 1. The van der Waals surface area contributed by atoms with Crippen LogP contribution >= 0.6 is 23.1 Å². The van der Waals surface area contributed by atoms with Crippen LogP contribution in [0.25, 0.3) is 11.3 Å². The molecule has 8 nitrogen and oxygen atoms in total. The monoisotopic (exact) mass is 466 g/mol. The Morgan fingerprint density at radius 3 is 2.78 bits per heavy atom. The Morgan fingerprint density at radius 1 is 1.22 bits per heavy atom. The zero-order chi connectivity index (χ0) is 22.7. The van der Waals surface area contributed by atoms with E-state index in [0.29, 0.717) is 33.3 Å². The van der Waals surface area contributed by atoms with E-state index in [1.807, 2.05) is 25.1 Å². The van der Waals surface area contributed by atoms with E-state index in [-0.39, 0.29) is 11.6 Å². The van der Waals surface area contributed by atoms with E-state index in [4.69, 9.17) is 4.52 Å². The van der Waals surface area contributed by atoms with Gasteiger partial charge in [-0.15, -0.1) is 23.1 Å². The van der Waals surface area contributed by atoms with Crippen LogP contribution in [0.1, 0.15) is 27.4 Å². The Hall–Kier alpha value is -3.50. The Morgan fingerprint density at radius 2 is 2.03 bits per heavy atom. The predicted octanol–water partition coefficient (Wildman–Crippen LogP) is 5.87. The van der Waals surface area contributed by atoms with Gasteiger partial charge in [-0.1, -0.05) is 29.4 Å². The first-order chi connectivity index (χ1) is 15.4. The number of thiazole rings is 1. The number of thioether (sulfide) groups is 1. The molecule has 32 heavy (non-hydrogen) atoms. The molecule has 2 aromatic carbocycles. The quantitative estimate of drug-likeness (QED) is 0.206. The van der Waals surface area contributed by atoms with Crippen molar-refractivity contribution in [3.63, 3.8) is 0 Å². The number of nitro groups is 1. The van der Waals surface area contributed by atoms with Crippen LogP contribution in [-0.2, 0) is 5.75 Å². The molecule has 0 unspecified atom stereocenters. The Bertz CT molecular complexity index is 1300. The van der Waals surface area contributed by atoms with Crippen molar-refractivity contribution in [2.75, 3.05) is 5.32 Å². The zero-order valence-electron chi connectivity index (χ0n) is 17.2. The summed E-state index contributed by atoms with van der Waals surface area (Å²) in [4.78, 5) is 28.9. The van der Waals surface area contributed by atoms with E-state index in [0.717, 1.165) is 16.3 Å². The van der Waals surface area contributed by atoms with E-state index >= 15 is 0 Å². The molecule has 0 spiro atoms. The lowest BCUT2D eigenvalue weighted by molar-refractivity contribution is -0.385. The standard InChI is InChI=1S/C22H18N4O4S2/c1-13-7-8-15(10-19(13)26(28)29)18-12-32-22(23-18)24-21(27)17-5-3-4-6-20(17)31-11-16-9-14(2)25-30-16/h3-10,12H,11H2,1-2H3,(H,23,24,27). The summed E-state index contributed by atoms with van der Waals surface area (Å²) < 4.78 is 5.24. The summed E-state index contributed by atoms with van der Waals surface area (Å²) in [6.45, 7) is 3.55. The molecular formula is C22H18N4O4S2. The van der Waals surface area contributed by atoms with Crippen molar-refractivity contribution in [2.45, 2.75) is 24.5 Å². The first-order valence-electron chi connectivity index (χ1n) is 9.57. The molecule has 10 heteroatoms. The van der Waals surface area contributed by atoms with Crippen LogP contribution in [0.4, 0.5) is 10.8 Å². The van der Waals surface area contributed by atoms with E-state index in [9.17, 15) is 14.9 Å². The molecule has 0 aliphatic rings. The lowest BCUT2D eigenvalue weighted by Gasteiger charge is -2.07.